The third kappa shape index (κ3) is 3.11. The van der Waals surface area contributed by atoms with Gasteiger partial charge in [0.2, 0.25) is 0 Å². The van der Waals surface area contributed by atoms with Gasteiger partial charge in [-0.2, -0.15) is 0 Å². The van der Waals surface area contributed by atoms with Crippen molar-refractivity contribution in [3.05, 3.63) is 70.5 Å². The number of fused-ring (bicyclic) bond motifs is 1. The summed E-state index contributed by atoms with van der Waals surface area (Å²) in [6.07, 6.45) is 1.18. The maximum absolute atomic E-state index is 12.2. The molecule has 1 aromatic heterocycles. The molecular formula is C17H15NO2S. The Morgan fingerprint density at radius 3 is 2.48 bits per heavy atom. The molecule has 0 saturated heterocycles. The van der Waals surface area contributed by atoms with Gasteiger partial charge in [-0.3, -0.25) is 13.5 Å². The van der Waals surface area contributed by atoms with Gasteiger partial charge < -0.3 is 0 Å². The standard InChI is InChI=1S/C17H15NO2S/c19-14(11-10-13-6-2-1-3-7-13)12-18-17(20)15-8-4-5-9-16(15)21-18/h1-9H,10-12H2. The number of hydrogen-bond acceptors (Lipinski definition) is 3. The third-order valence-electron chi connectivity index (χ3n) is 3.41. The number of hydrogen-bond donors (Lipinski definition) is 0. The van der Waals surface area contributed by atoms with Crippen LogP contribution < -0.4 is 5.56 Å². The third-order valence-corrected chi connectivity index (χ3v) is 4.48. The summed E-state index contributed by atoms with van der Waals surface area (Å²) in [4.78, 5) is 24.2. The highest BCUT2D eigenvalue weighted by atomic mass is 32.1. The fraction of sp³-hybridized carbons (Fsp3) is 0.176. The number of Topliss-reactive ketones (excluding diaryl/α,β-unsaturated/α-hetero) is 1. The number of nitrogens with zero attached hydrogens (tertiary/aromatic N) is 1. The van der Waals surface area contributed by atoms with Crippen molar-refractivity contribution >= 4 is 27.4 Å². The minimum Gasteiger partial charge on any atom is -0.298 e. The second kappa shape index (κ2) is 6.06. The number of carbonyl (C=O) groups is 1. The molecule has 0 aliphatic rings. The molecule has 0 bridgehead atoms. The molecular weight excluding hydrogens is 282 g/mol. The number of benzene rings is 2. The summed E-state index contributed by atoms with van der Waals surface area (Å²) in [5.74, 6) is 0.0903. The monoisotopic (exact) mass is 297 g/mol. The van der Waals surface area contributed by atoms with Crippen molar-refractivity contribution in [3.8, 4) is 0 Å². The molecule has 21 heavy (non-hydrogen) atoms. The van der Waals surface area contributed by atoms with Crippen LogP contribution in [-0.2, 0) is 17.8 Å². The van der Waals surface area contributed by atoms with E-state index in [1.165, 1.54) is 11.5 Å². The van der Waals surface area contributed by atoms with Crippen molar-refractivity contribution in [1.29, 1.82) is 0 Å². The van der Waals surface area contributed by atoms with Crippen LogP contribution in [0.2, 0.25) is 0 Å². The summed E-state index contributed by atoms with van der Waals surface area (Å²) in [7, 11) is 0. The van der Waals surface area contributed by atoms with Gasteiger partial charge in [-0.25, -0.2) is 0 Å². The molecule has 0 aliphatic carbocycles. The van der Waals surface area contributed by atoms with Gasteiger partial charge in [0.15, 0.2) is 5.78 Å². The number of aromatic nitrogens is 1. The molecule has 0 N–H and O–H groups in total. The van der Waals surface area contributed by atoms with Crippen LogP contribution in [0, 0.1) is 0 Å². The fourth-order valence-electron chi connectivity index (χ4n) is 2.29. The van der Waals surface area contributed by atoms with Gasteiger partial charge in [0.1, 0.15) is 0 Å². The first-order chi connectivity index (χ1) is 10.2. The zero-order chi connectivity index (χ0) is 14.7. The first-order valence-electron chi connectivity index (χ1n) is 6.88. The Morgan fingerprint density at radius 1 is 1.00 bits per heavy atom. The lowest BCUT2D eigenvalue weighted by Crippen LogP contribution is -2.19. The minimum atomic E-state index is -0.0661. The van der Waals surface area contributed by atoms with Crippen molar-refractivity contribution in [2.24, 2.45) is 0 Å². The molecule has 3 nitrogen and oxygen atoms in total. The Morgan fingerprint density at radius 2 is 1.71 bits per heavy atom. The molecule has 0 saturated carbocycles. The highest BCUT2D eigenvalue weighted by Gasteiger charge is 2.10. The maximum atomic E-state index is 12.2. The summed E-state index contributed by atoms with van der Waals surface area (Å²) in [5, 5.41) is 0.693. The molecule has 0 amide bonds. The molecule has 0 atom stereocenters. The van der Waals surface area contributed by atoms with E-state index in [-0.39, 0.29) is 17.9 Å². The van der Waals surface area contributed by atoms with Crippen LogP contribution in [0.15, 0.2) is 59.4 Å². The number of rotatable bonds is 5. The molecule has 0 aliphatic heterocycles. The lowest BCUT2D eigenvalue weighted by Gasteiger charge is -2.01. The summed E-state index contributed by atoms with van der Waals surface area (Å²) in [5.41, 5.74) is 1.08. The predicted molar refractivity (Wildman–Crippen MR) is 85.9 cm³/mol. The van der Waals surface area contributed by atoms with Gasteiger partial charge >= 0.3 is 0 Å². The molecule has 1 heterocycles. The molecule has 0 radical (unpaired) electrons. The second-order valence-corrected chi connectivity index (χ2v) is 6.02. The Kier molecular flexibility index (Phi) is 3.97. The largest absolute Gasteiger partial charge is 0.298 e. The van der Waals surface area contributed by atoms with Gasteiger partial charge in [-0.1, -0.05) is 54.0 Å². The van der Waals surface area contributed by atoms with E-state index >= 15 is 0 Å². The summed E-state index contributed by atoms with van der Waals surface area (Å²) < 4.78 is 2.48. The van der Waals surface area contributed by atoms with Crippen LogP contribution in [0.3, 0.4) is 0 Å². The van der Waals surface area contributed by atoms with Crippen LogP contribution in [0.4, 0.5) is 0 Å². The molecule has 3 aromatic rings. The first kappa shape index (κ1) is 13.8. The highest BCUT2D eigenvalue weighted by molar-refractivity contribution is 7.13. The number of carbonyl (C=O) groups excluding carboxylic acids is 1. The van der Waals surface area contributed by atoms with Crippen LogP contribution in [-0.4, -0.2) is 9.74 Å². The second-order valence-electron chi connectivity index (χ2n) is 4.95. The normalized spacial score (nSPS) is 10.9. The van der Waals surface area contributed by atoms with E-state index in [0.29, 0.717) is 11.8 Å². The van der Waals surface area contributed by atoms with E-state index in [4.69, 9.17) is 0 Å². The summed E-state index contributed by atoms with van der Waals surface area (Å²) >= 11 is 1.36. The van der Waals surface area contributed by atoms with Crippen LogP contribution in [0.5, 0.6) is 0 Å². The number of ketones is 1. The van der Waals surface area contributed by atoms with E-state index in [2.05, 4.69) is 0 Å². The smallest absolute Gasteiger partial charge is 0.268 e. The van der Waals surface area contributed by atoms with E-state index in [0.717, 1.165) is 16.7 Å². The average molecular weight is 297 g/mol. The van der Waals surface area contributed by atoms with Crippen molar-refractivity contribution < 1.29 is 4.79 Å². The van der Waals surface area contributed by atoms with Crippen LogP contribution in [0.25, 0.3) is 10.1 Å². The lowest BCUT2D eigenvalue weighted by atomic mass is 10.1. The predicted octanol–water partition coefficient (Wildman–Crippen LogP) is 3.26. The van der Waals surface area contributed by atoms with Gasteiger partial charge in [0, 0.05) is 6.42 Å². The Bertz CT molecular complexity index is 817. The molecule has 2 aromatic carbocycles. The molecule has 0 spiro atoms. The van der Waals surface area contributed by atoms with Crippen LogP contribution >= 0.6 is 11.5 Å². The summed E-state index contributed by atoms with van der Waals surface area (Å²) in [6.45, 7) is 0.172. The van der Waals surface area contributed by atoms with Gasteiger partial charge in [-0.05, 0) is 24.1 Å². The van der Waals surface area contributed by atoms with Crippen molar-refractivity contribution in [2.75, 3.05) is 0 Å². The van der Waals surface area contributed by atoms with Gasteiger partial charge in [0.05, 0.1) is 16.6 Å². The zero-order valence-electron chi connectivity index (χ0n) is 11.5. The lowest BCUT2D eigenvalue weighted by molar-refractivity contribution is -0.119. The van der Waals surface area contributed by atoms with Crippen molar-refractivity contribution in [1.82, 2.24) is 3.96 Å². The average Bonchev–Trinajstić information content (AvgIpc) is 2.83. The molecule has 106 valence electrons. The van der Waals surface area contributed by atoms with Gasteiger partial charge in [-0.15, -0.1) is 0 Å². The minimum absolute atomic E-state index is 0.0661. The number of aryl methyl sites for hydroxylation is 1. The van der Waals surface area contributed by atoms with Gasteiger partial charge in [0.25, 0.3) is 5.56 Å². The summed E-state index contributed by atoms with van der Waals surface area (Å²) in [6, 6.07) is 17.4. The SMILES string of the molecule is O=C(CCc1ccccc1)Cn1sc2ccccc2c1=O. The van der Waals surface area contributed by atoms with Crippen molar-refractivity contribution in [3.63, 3.8) is 0 Å². The zero-order valence-corrected chi connectivity index (χ0v) is 12.3. The Labute approximate surface area is 126 Å². The Hall–Kier alpha value is -2.20. The quantitative estimate of drug-likeness (QED) is 0.725. The van der Waals surface area contributed by atoms with Crippen molar-refractivity contribution in [2.45, 2.75) is 19.4 Å². The first-order valence-corrected chi connectivity index (χ1v) is 7.66. The topological polar surface area (TPSA) is 39.1 Å². The fourth-order valence-corrected chi connectivity index (χ4v) is 3.31. The molecule has 0 unspecified atom stereocenters. The molecule has 0 fully saturated rings. The highest BCUT2D eigenvalue weighted by Crippen LogP contribution is 2.16. The van der Waals surface area contributed by atoms with E-state index in [1.54, 1.807) is 10.0 Å². The van der Waals surface area contributed by atoms with E-state index in [9.17, 15) is 9.59 Å². The Balaban J connectivity index is 1.69. The van der Waals surface area contributed by atoms with E-state index < -0.39 is 0 Å². The van der Waals surface area contributed by atoms with E-state index in [1.807, 2.05) is 48.5 Å². The molecule has 3 rings (SSSR count). The molecule has 4 heteroatoms. The van der Waals surface area contributed by atoms with Crippen LogP contribution in [0.1, 0.15) is 12.0 Å². The maximum Gasteiger partial charge on any atom is 0.268 e.